The average Bonchev–Trinajstić information content (AvgIpc) is 3.10. The number of nitrogens with one attached hydrogen (secondary N) is 1. The number of amides is 1. The Bertz CT molecular complexity index is 843. The van der Waals surface area contributed by atoms with Gasteiger partial charge in [-0.3, -0.25) is 4.79 Å². The predicted octanol–water partition coefficient (Wildman–Crippen LogP) is 2.95. The standard InChI is InChI=1S/C18H16FN3O2/c1-24-17-5-3-2-4-13(17)10-20-18(23)14-11-21-22(12-14)16-8-6-15(19)7-9-16/h2-9,11-12H,10H2,1H3,(H,20,23). The van der Waals surface area contributed by atoms with Crippen molar-refractivity contribution in [2.45, 2.75) is 6.54 Å². The molecular formula is C18H16FN3O2. The van der Waals surface area contributed by atoms with E-state index in [1.807, 2.05) is 24.3 Å². The molecule has 0 fully saturated rings. The van der Waals surface area contributed by atoms with Crippen LogP contribution in [-0.2, 0) is 6.54 Å². The molecule has 2 aromatic carbocycles. The lowest BCUT2D eigenvalue weighted by atomic mass is 10.2. The minimum Gasteiger partial charge on any atom is -0.496 e. The minimum atomic E-state index is -0.319. The Morgan fingerprint density at radius 2 is 1.96 bits per heavy atom. The molecule has 0 unspecified atom stereocenters. The van der Waals surface area contributed by atoms with Gasteiger partial charge < -0.3 is 10.1 Å². The van der Waals surface area contributed by atoms with E-state index in [1.54, 1.807) is 25.4 Å². The van der Waals surface area contributed by atoms with E-state index >= 15 is 0 Å². The van der Waals surface area contributed by atoms with E-state index in [2.05, 4.69) is 10.4 Å². The number of hydrogen-bond acceptors (Lipinski definition) is 3. The third-order valence-electron chi connectivity index (χ3n) is 3.57. The number of nitrogens with zero attached hydrogens (tertiary/aromatic N) is 2. The molecule has 1 aromatic heterocycles. The number of carbonyl (C=O) groups is 1. The Kier molecular flexibility index (Phi) is 4.56. The first-order valence-electron chi connectivity index (χ1n) is 7.38. The van der Waals surface area contributed by atoms with Crippen LogP contribution in [0.25, 0.3) is 5.69 Å². The van der Waals surface area contributed by atoms with Crippen LogP contribution in [0.4, 0.5) is 4.39 Å². The number of halogens is 1. The van der Waals surface area contributed by atoms with Crippen LogP contribution in [0.2, 0.25) is 0 Å². The molecule has 0 aliphatic rings. The Balaban J connectivity index is 1.69. The molecule has 0 saturated heterocycles. The van der Waals surface area contributed by atoms with Crippen LogP contribution < -0.4 is 10.1 Å². The van der Waals surface area contributed by atoms with Gasteiger partial charge in [-0.2, -0.15) is 5.10 Å². The van der Waals surface area contributed by atoms with Crippen molar-refractivity contribution in [2.24, 2.45) is 0 Å². The van der Waals surface area contributed by atoms with Crippen LogP contribution in [-0.4, -0.2) is 22.8 Å². The van der Waals surface area contributed by atoms with Crippen molar-refractivity contribution < 1.29 is 13.9 Å². The highest BCUT2D eigenvalue weighted by Crippen LogP contribution is 2.17. The van der Waals surface area contributed by atoms with Gasteiger partial charge in [0, 0.05) is 18.3 Å². The van der Waals surface area contributed by atoms with Crippen molar-refractivity contribution in [3.63, 3.8) is 0 Å². The summed E-state index contributed by atoms with van der Waals surface area (Å²) < 4.78 is 19.7. The molecule has 1 heterocycles. The molecular weight excluding hydrogens is 309 g/mol. The van der Waals surface area contributed by atoms with Crippen LogP contribution in [0, 0.1) is 5.82 Å². The van der Waals surface area contributed by atoms with Gasteiger partial charge in [0.1, 0.15) is 11.6 Å². The van der Waals surface area contributed by atoms with Crippen LogP contribution in [0.15, 0.2) is 60.9 Å². The maximum atomic E-state index is 13.0. The molecule has 5 nitrogen and oxygen atoms in total. The zero-order chi connectivity index (χ0) is 16.9. The Hall–Kier alpha value is -3.15. The quantitative estimate of drug-likeness (QED) is 0.785. The summed E-state index contributed by atoms with van der Waals surface area (Å²) in [6, 6.07) is 13.4. The van der Waals surface area contributed by atoms with Gasteiger partial charge in [-0.25, -0.2) is 9.07 Å². The summed E-state index contributed by atoms with van der Waals surface area (Å²) in [5.74, 6) is 0.162. The zero-order valence-corrected chi connectivity index (χ0v) is 13.1. The topological polar surface area (TPSA) is 56.1 Å². The molecule has 1 amide bonds. The molecule has 3 rings (SSSR count). The predicted molar refractivity (Wildman–Crippen MR) is 87.7 cm³/mol. The first-order valence-corrected chi connectivity index (χ1v) is 7.38. The molecule has 3 aromatic rings. The molecule has 0 aliphatic carbocycles. The van der Waals surface area contributed by atoms with Gasteiger partial charge in [0.2, 0.25) is 0 Å². The van der Waals surface area contributed by atoms with Crippen molar-refractivity contribution >= 4 is 5.91 Å². The fraction of sp³-hybridized carbons (Fsp3) is 0.111. The van der Waals surface area contributed by atoms with Gasteiger partial charge in [0.15, 0.2) is 0 Å². The monoisotopic (exact) mass is 325 g/mol. The lowest BCUT2D eigenvalue weighted by molar-refractivity contribution is 0.0950. The molecule has 0 saturated carbocycles. The summed E-state index contributed by atoms with van der Waals surface area (Å²) in [5, 5.41) is 6.97. The number of methoxy groups -OCH3 is 1. The Morgan fingerprint density at radius 1 is 1.21 bits per heavy atom. The van der Waals surface area contributed by atoms with E-state index in [9.17, 15) is 9.18 Å². The fourth-order valence-corrected chi connectivity index (χ4v) is 2.30. The molecule has 24 heavy (non-hydrogen) atoms. The lowest BCUT2D eigenvalue weighted by Crippen LogP contribution is -2.22. The smallest absolute Gasteiger partial charge is 0.254 e. The largest absolute Gasteiger partial charge is 0.496 e. The van der Waals surface area contributed by atoms with E-state index in [4.69, 9.17) is 4.74 Å². The van der Waals surface area contributed by atoms with Gasteiger partial charge >= 0.3 is 0 Å². The number of carbonyl (C=O) groups excluding carboxylic acids is 1. The molecule has 6 heteroatoms. The normalized spacial score (nSPS) is 10.4. The molecule has 0 bridgehead atoms. The van der Waals surface area contributed by atoms with Gasteiger partial charge in [-0.15, -0.1) is 0 Å². The number of para-hydroxylation sites is 1. The van der Waals surface area contributed by atoms with Crippen molar-refractivity contribution in [1.82, 2.24) is 15.1 Å². The van der Waals surface area contributed by atoms with Crippen LogP contribution in [0.3, 0.4) is 0 Å². The summed E-state index contributed by atoms with van der Waals surface area (Å²) in [4.78, 5) is 12.3. The van der Waals surface area contributed by atoms with Crippen LogP contribution >= 0.6 is 0 Å². The first kappa shape index (κ1) is 15.7. The van der Waals surface area contributed by atoms with Crippen molar-refractivity contribution in [2.75, 3.05) is 7.11 Å². The number of ether oxygens (including phenoxy) is 1. The van der Waals surface area contributed by atoms with E-state index in [-0.39, 0.29) is 11.7 Å². The molecule has 0 spiro atoms. The third kappa shape index (κ3) is 3.43. The second kappa shape index (κ2) is 6.95. The van der Waals surface area contributed by atoms with Crippen molar-refractivity contribution in [3.05, 3.63) is 77.9 Å². The molecule has 122 valence electrons. The Morgan fingerprint density at radius 3 is 2.71 bits per heavy atom. The second-order valence-electron chi connectivity index (χ2n) is 5.14. The van der Waals surface area contributed by atoms with Crippen LogP contribution in [0.1, 0.15) is 15.9 Å². The highest BCUT2D eigenvalue weighted by molar-refractivity contribution is 5.93. The lowest BCUT2D eigenvalue weighted by Gasteiger charge is -2.08. The highest BCUT2D eigenvalue weighted by atomic mass is 19.1. The van der Waals surface area contributed by atoms with Gasteiger partial charge in [0.25, 0.3) is 5.91 Å². The molecule has 1 N–H and O–H groups in total. The zero-order valence-electron chi connectivity index (χ0n) is 13.1. The van der Waals surface area contributed by atoms with Crippen molar-refractivity contribution in [3.8, 4) is 11.4 Å². The maximum Gasteiger partial charge on any atom is 0.254 e. The summed E-state index contributed by atoms with van der Waals surface area (Å²) in [7, 11) is 1.59. The summed E-state index contributed by atoms with van der Waals surface area (Å²) in [6.07, 6.45) is 3.08. The maximum absolute atomic E-state index is 13.0. The number of rotatable bonds is 5. The van der Waals surface area contributed by atoms with Crippen molar-refractivity contribution in [1.29, 1.82) is 0 Å². The number of benzene rings is 2. The van der Waals surface area contributed by atoms with Gasteiger partial charge in [-0.1, -0.05) is 18.2 Å². The minimum absolute atomic E-state index is 0.241. The number of hydrogen-bond donors (Lipinski definition) is 1. The highest BCUT2D eigenvalue weighted by Gasteiger charge is 2.10. The molecule has 0 aliphatic heterocycles. The first-order chi connectivity index (χ1) is 11.7. The van der Waals surface area contributed by atoms with E-state index in [0.29, 0.717) is 17.8 Å². The second-order valence-corrected chi connectivity index (χ2v) is 5.14. The SMILES string of the molecule is COc1ccccc1CNC(=O)c1cnn(-c2ccc(F)cc2)c1. The summed E-state index contributed by atoms with van der Waals surface area (Å²) >= 11 is 0. The number of aromatic nitrogens is 2. The third-order valence-corrected chi connectivity index (χ3v) is 3.57. The van der Waals surface area contributed by atoms with E-state index in [0.717, 1.165) is 11.3 Å². The van der Waals surface area contributed by atoms with Crippen LogP contribution in [0.5, 0.6) is 5.75 Å². The van der Waals surface area contributed by atoms with Gasteiger partial charge in [0.05, 0.1) is 24.6 Å². The Labute approximate surface area is 138 Å². The molecule has 0 atom stereocenters. The average molecular weight is 325 g/mol. The molecule has 0 radical (unpaired) electrons. The summed E-state index contributed by atoms with van der Waals surface area (Å²) in [5.41, 5.74) is 1.99. The van der Waals surface area contributed by atoms with E-state index in [1.165, 1.54) is 23.0 Å². The van der Waals surface area contributed by atoms with Gasteiger partial charge in [-0.05, 0) is 30.3 Å². The van der Waals surface area contributed by atoms with E-state index < -0.39 is 0 Å². The fourth-order valence-electron chi connectivity index (χ4n) is 2.30. The summed E-state index contributed by atoms with van der Waals surface area (Å²) in [6.45, 7) is 0.352.